The van der Waals surface area contributed by atoms with Crippen molar-refractivity contribution in [1.29, 1.82) is 0 Å². The lowest BCUT2D eigenvalue weighted by atomic mass is 9.94. The quantitative estimate of drug-likeness (QED) is 0.713. The third-order valence-corrected chi connectivity index (χ3v) is 5.03. The highest BCUT2D eigenvalue weighted by molar-refractivity contribution is 5.79. The second-order valence-corrected chi connectivity index (χ2v) is 7.41. The molecule has 0 spiro atoms. The molecule has 27 heavy (non-hydrogen) atoms. The van der Waals surface area contributed by atoms with Crippen LogP contribution in [0.15, 0.2) is 48.5 Å². The fraction of sp³-hybridized carbons (Fsp3) is 0.435. The molecule has 4 nitrogen and oxygen atoms in total. The number of quaternary nitrogens is 1. The average Bonchev–Trinajstić information content (AvgIpc) is 2.70. The summed E-state index contributed by atoms with van der Waals surface area (Å²) >= 11 is 0. The molecule has 4 heteroatoms. The molecular formula is C23H33N2O2+. The number of rotatable bonds is 9. The summed E-state index contributed by atoms with van der Waals surface area (Å²) in [7, 11) is 1.65. The number of amides is 1. The van der Waals surface area contributed by atoms with Gasteiger partial charge in [0.05, 0.1) is 7.11 Å². The Hall–Kier alpha value is -2.33. The van der Waals surface area contributed by atoms with Gasteiger partial charge in [0.1, 0.15) is 11.8 Å². The summed E-state index contributed by atoms with van der Waals surface area (Å²) in [6, 6.07) is 16.6. The lowest BCUT2D eigenvalue weighted by Gasteiger charge is -2.23. The highest BCUT2D eigenvalue weighted by atomic mass is 16.5. The number of hydrogen-bond donors (Lipinski definition) is 2. The molecule has 1 amide bonds. The van der Waals surface area contributed by atoms with Crippen molar-refractivity contribution < 1.29 is 14.8 Å². The fourth-order valence-electron chi connectivity index (χ4n) is 3.19. The lowest BCUT2D eigenvalue weighted by molar-refractivity contribution is -0.719. The molecule has 0 aromatic heterocycles. The molecule has 2 atom stereocenters. The summed E-state index contributed by atoms with van der Waals surface area (Å²) in [5, 5.41) is 5.21. The minimum atomic E-state index is -0.151. The van der Waals surface area contributed by atoms with Crippen LogP contribution in [0.5, 0.6) is 5.75 Å². The number of hydrogen-bond acceptors (Lipinski definition) is 2. The molecule has 0 fully saturated rings. The van der Waals surface area contributed by atoms with E-state index in [1.165, 1.54) is 11.1 Å². The van der Waals surface area contributed by atoms with Crippen molar-refractivity contribution in [2.24, 2.45) is 5.92 Å². The molecule has 0 radical (unpaired) electrons. The van der Waals surface area contributed by atoms with Crippen LogP contribution in [0, 0.1) is 5.92 Å². The van der Waals surface area contributed by atoms with Gasteiger partial charge in [0.25, 0.3) is 5.91 Å². The van der Waals surface area contributed by atoms with Gasteiger partial charge < -0.3 is 15.4 Å². The van der Waals surface area contributed by atoms with E-state index in [1.54, 1.807) is 7.11 Å². The van der Waals surface area contributed by atoms with Crippen molar-refractivity contribution >= 4 is 5.91 Å². The zero-order valence-corrected chi connectivity index (χ0v) is 17.2. The smallest absolute Gasteiger partial charge is 0.278 e. The summed E-state index contributed by atoms with van der Waals surface area (Å²) in [5.41, 5.74) is 3.68. The van der Waals surface area contributed by atoms with Crippen LogP contribution >= 0.6 is 0 Å². The molecule has 0 aliphatic rings. The van der Waals surface area contributed by atoms with Gasteiger partial charge in [-0.3, -0.25) is 4.79 Å². The highest BCUT2D eigenvalue weighted by Crippen LogP contribution is 2.18. The third-order valence-electron chi connectivity index (χ3n) is 5.03. The third kappa shape index (κ3) is 6.10. The molecule has 0 unspecified atom stereocenters. The average molecular weight is 370 g/mol. The first-order chi connectivity index (χ1) is 12.9. The topological polar surface area (TPSA) is 54.9 Å². The van der Waals surface area contributed by atoms with Crippen LogP contribution in [-0.4, -0.2) is 19.1 Å². The minimum absolute atomic E-state index is 0.0571. The van der Waals surface area contributed by atoms with Gasteiger partial charge in [-0.15, -0.1) is 0 Å². The van der Waals surface area contributed by atoms with Crippen LogP contribution in [-0.2, 0) is 17.8 Å². The van der Waals surface area contributed by atoms with Gasteiger partial charge in [-0.2, -0.15) is 0 Å². The SMILES string of the molecule is CCc1ccc([C@@H]([NH2+][C@@H](C)C(=O)NCc2ccc(OC)cc2)C(C)C)cc1. The summed E-state index contributed by atoms with van der Waals surface area (Å²) in [6.45, 7) is 9.07. The number of carbonyl (C=O) groups excluding carboxylic acids is 1. The van der Waals surface area contributed by atoms with E-state index in [1.807, 2.05) is 31.2 Å². The van der Waals surface area contributed by atoms with Gasteiger partial charge in [0.2, 0.25) is 0 Å². The second-order valence-electron chi connectivity index (χ2n) is 7.41. The van der Waals surface area contributed by atoms with Gasteiger partial charge in [0.15, 0.2) is 6.04 Å². The van der Waals surface area contributed by atoms with E-state index in [0.29, 0.717) is 12.5 Å². The Bertz CT molecular complexity index is 708. The highest BCUT2D eigenvalue weighted by Gasteiger charge is 2.25. The Labute approximate surface area is 163 Å². The molecular weight excluding hydrogens is 336 g/mol. The van der Waals surface area contributed by atoms with E-state index < -0.39 is 0 Å². The summed E-state index contributed by atoms with van der Waals surface area (Å²) in [6.07, 6.45) is 1.04. The second kappa shape index (κ2) is 10.1. The molecule has 0 saturated carbocycles. The van der Waals surface area contributed by atoms with E-state index >= 15 is 0 Å². The van der Waals surface area contributed by atoms with Crippen molar-refractivity contribution in [1.82, 2.24) is 5.32 Å². The lowest BCUT2D eigenvalue weighted by Crippen LogP contribution is -2.93. The number of benzene rings is 2. The first-order valence-corrected chi connectivity index (χ1v) is 9.79. The van der Waals surface area contributed by atoms with Crippen LogP contribution in [0.3, 0.4) is 0 Å². The van der Waals surface area contributed by atoms with Crippen LogP contribution in [0.2, 0.25) is 0 Å². The normalized spacial score (nSPS) is 13.3. The number of nitrogens with one attached hydrogen (secondary N) is 1. The molecule has 0 saturated heterocycles. The predicted octanol–water partition coefficient (Wildman–Crippen LogP) is 3.22. The van der Waals surface area contributed by atoms with Crippen LogP contribution in [0.25, 0.3) is 0 Å². The molecule has 0 aliphatic carbocycles. The Morgan fingerprint density at radius 1 is 1.00 bits per heavy atom. The molecule has 146 valence electrons. The molecule has 0 aliphatic heterocycles. The van der Waals surface area contributed by atoms with Crippen LogP contribution < -0.4 is 15.4 Å². The Kier molecular flexibility index (Phi) is 7.86. The summed E-state index contributed by atoms with van der Waals surface area (Å²) in [5.74, 6) is 1.32. The largest absolute Gasteiger partial charge is 0.497 e. The molecule has 2 aromatic carbocycles. The molecule has 2 aromatic rings. The van der Waals surface area contributed by atoms with Gasteiger partial charge in [0, 0.05) is 18.0 Å². The van der Waals surface area contributed by atoms with Crippen LogP contribution in [0.1, 0.15) is 50.4 Å². The zero-order valence-electron chi connectivity index (χ0n) is 17.2. The van der Waals surface area contributed by atoms with Crippen molar-refractivity contribution in [3.8, 4) is 5.75 Å². The van der Waals surface area contributed by atoms with E-state index in [-0.39, 0.29) is 18.0 Å². The standard InChI is InChI=1S/C23H32N2O2/c1-6-18-7-11-20(12-8-18)22(16(2)3)25-17(4)23(26)24-15-19-9-13-21(27-5)14-10-19/h7-14,16-17,22,25H,6,15H2,1-5H3,(H,24,26)/p+1/t17-,22-/m0/s1. The van der Waals surface area contributed by atoms with Gasteiger partial charge in [-0.25, -0.2) is 0 Å². The van der Waals surface area contributed by atoms with Crippen molar-refractivity contribution in [2.45, 2.75) is 52.7 Å². The maximum absolute atomic E-state index is 12.6. The monoisotopic (exact) mass is 369 g/mol. The Morgan fingerprint density at radius 2 is 1.59 bits per heavy atom. The number of nitrogens with two attached hydrogens (primary N) is 1. The maximum Gasteiger partial charge on any atom is 0.278 e. The molecule has 3 N–H and O–H groups in total. The molecule has 0 bridgehead atoms. The number of aryl methyl sites for hydroxylation is 1. The first kappa shape index (κ1) is 21.0. The first-order valence-electron chi connectivity index (χ1n) is 9.79. The maximum atomic E-state index is 12.6. The van der Waals surface area contributed by atoms with Crippen molar-refractivity contribution in [3.63, 3.8) is 0 Å². The van der Waals surface area contributed by atoms with Gasteiger partial charge in [-0.1, -0.05) is 57.2 Å². The minimum Gasteiger partial charge on any atom is -0.497 e. The van der Waals surface area contributed by atoms with Gasteiger partial charge >= 0.3 is 0 Å². The van der Waals surface area contributed by atoms with E-state index in [2.05, 4.69) is 55.7 Å². The predicted molar refractivity (Wildman–Crippen MR) is 110 cm³/mol. The molecule has 0 heterocycles. The summed E-state index contributed by atoms with van der Waals surface area (Å²) in [4.78, 5) is 12.6. The van der Waals surface area contributed by atoms with Gasteiger partial charge in [-0.05, 0) is 36.6 Å². The van der Waals surface area contributed by atoms with Crippen molar-refractivity contribution in [2.75, 3.05) is 7.11 Å². The van der Waals surface area contributed by atoms with Crippen LogP contribution in [0.4, 0.5) is 0 Å². The van der Waals surface area contributed by atoms with E-state index in [0.717, 1.165) is 17.7 Å². The molecule has 2 rings (SSSR count). The summed E-state index contributed by atoms with van der Waals surface area (Å²) < 4.78 is 5.16. The van der Waals surface area contributed by atoms with Crippen molar-refractivity contribution in [3.05, 3.63) is 65.2 Å². The fourth-order valence-corrected chi connectivity index (χ4v) is 3.19. The number of methoxy groups -OCH3 is 1. The van der Waals surface area contributed by atoms with E-state index in [9.17, 15) is 4.79 Å². The van der Waals surface area contributed by atoms with E-state index in [4.69, 9.17) is 4.74 Å². The number of carbonyl (C=O) groups is 1. The number of ether oxygens (including phenoxy) is 1. The zero-order chi connectivity index (χ0) is 19.8. The Morgan fingerprint density at radius 3 is 2.11 bits per heavy atom. The Balaban J connectivity index is 1.94.